The van der Waals surface area contributed by atoms with Crippen LogP contribution in [0.3, 0.4) is 0 Å². The molecule has 3 rings (SSSR count). The molecule has 1 heterocycles. The standard InChI is InChI=1S/C22H23ClN2O4/c1-3-15-4-10-19(11-5-15)25-13-16(12-20(25)26)22(28)29-14(2)21(27)24-18-8-6-17(23)7-9-18/h4-11,14,16H,3,12-13H2,1-2H3,(H,24,27). The second kappa shape index (κ2) is 9.09. The zero-order chi connectivity index (χ0) is 21.0. The third-order valence-corrected chi connectivity index (χ3v) is 5.14. The van der Waals surface area contributed by atoms with Gasteiger partial charge in [-0.15, -0.1) is 0 Å². The lowest BCUT2D eigenvalue weighted by Gasteiger charge is -2.18. The average Bonchev–Trinajstić information content (AvgIpc) is 3.11. The Bertz CT molecular complexity index is 896. The lowest BCUT2D eigenvalue weighted by atomic mass is 10.1. The van der Waals surface area contributed by atoms with Gasteiger partial charge in [0.2, 0.25) is 5.91 Å². The minimum absolute atomic E-state index is 0.0693. The molecule has 152 valence electrons. The maximum atomic E-state index is 12.5. The molecule has 7 heteroatoms. The van der Waals surface area contributed by atoms with E-state index in [9.17, 15) is 14.4 Å². The van der Waals surface area contributed by atoms with Crippen LogP contribution in [0.25, 0.3) is 0 Å². The number of amides is 2. The van der Waals surface area contributed by atoms with Crippen LogP contribution in [0.1, 0.15) is 25.8 Å². The highest BCUT2D eigenvalue weighted by molar-refractivity contribution is 6.30. The Hall–Kier alpha value is -2.86. The zero-order valence-electron chi connectivity index (χ0n) is 16.4. The molecule has 0 aliphatic carbocycles. The Balaban J connectivity index is 1.56. The normalized spacial score (nSPS) is 17.1. The molecule has 0 spiro atoms. The molecule has 0 radical (unpaired) electrons. The van der Waals surface area contributed by atoms with Crippen LogP contribution < -0.4 is 10.2 Å². The zero-order valence-corrected chi connectivity index (χ0v) is 17.1. The number of halogens is 1. The molecule has 2 aromatic carbocycles. The topological polar surface area (TPSA) is 75.7 Å². The molecule has 2 amide bonds. The first-order valence-electron chi connectivity index (χ1n) is 9.53. The van der Waals surface area contributed by atoms with Gasteiger partial charge in [0, 0.05) is 29.4 Å². The van der Waals surface area contributed by atoms with Gasteiger partial charge in [-0.05, 0) is 55.3 Å². The number of carbonyl (C=O) groups excluding carboxylic acids is 3. The van der Waals surface area contributed by atoms with Gasteiger partial charge in [-0.1, -0.05) is 30.7 Å². The van der Waals surface area contributed by atoms with Gasteiger partial charge in [0.05, 0.1) is 5.92 Å². The van der Waals surface area contributed by atoms with E-state index in [0.29, 0.717) is 10.7 Å². The molecule has 2 atom stereocenters. The van der Waals surface area contributed by atoms with Crippen LogP contribution in [-0.4, -0.2) is 30.4 Å². The molecule has 1 saturated heterocycles. The maximum Gasteiger partial charge on any atom is 0.312 e. The number of rotatable bonds is 6. The second-order valence-corrected chi connectivity index (χ2v) is 7.44. The lowest BCUT2D eigenvalue weighted by Crippen LogP contribution is -2.33. The summed E-state index contributed by atoms with van der Waals surface area (Å²) >= 11 is 5.82. The van der Waals surface area contributed by atoms with Gasteiger partial charge in [-0.3, -0.25) is 14.4 Å². The number of aryl methyl sites for hydroxylation is 1. The Morgan fingerprint density at radius 1 is 1.17 bits per heavy atom. The van der Waals surface area contributed by atoms with Gasteiger partial charge in [-0.2, -0.15) is 0 Å². The summed E-state index contributed by atoms with van der Waals surface area (Å²) in [5, 5.41) is 3.22. The number of hydrogen-bond acceptors (Lipinski definition) is 4. The van der Waals surface area contributed by atoms with E-state index < -0.39 is 23.9 Å². The van der Waals surface area contributed by atoms with Crippen LogP contribution in [-0.2, 0) is 25.5 Å². The number of hydrogen-bond donors (Lipinski definition) is 1. The molecular weight excluding hydrogens is 392 g/mol. The number of ether oxygens (including phenoxy) is 1. The van der Waals surface area contributed by atoms with Crippen molar-refractivity contribution in [3.05, 3.63) is 59.1 Å². The van der Waals surface area contributed by atoms with Gasteiger partial charge in [-0.25, -0.2) is 0 Å². The van der Waals surface area contributed by atoms with E-state index in [-0.39, 0.29) is 18.9 Å². The van der Waals surface area contributed by atoms with Gasteiger partial charge in [0.1, 0.15) is 0 Å². The van der Waals surface area contributed by atoms with Gasteiger partial charge in [0.25, 0.3) is 5.91 Å². The lowest BCUT2D eigenvalue weighted by molar-refractivity contribution is -0.157. The minimum Gasteiger partial charge on any atom is -0.452 e. The molecule has 1 N–H and O–H groups in total. The van der Waals surface area contributed by atoms with Gasteiger partial charge >= 0.3 is 5.97 Å². The Labute approximate surface area is 174 Å². The van der Waals surface area contributed by atoms with E-state index >= 15 is 0 Å². The van der Waals surface area contributed by atoms with E-state index in [2.05, 4.69) is 12.2 Å². The Kier molecular flexibility index (Phi) is 6.54. The SMILES string of the molecule is CCc1ccc(N2CC(C(=O)OC(C)C(=O)Nc3ccc(Cl)cc3)CC2=O)cc1. The predicted octanol–water partition coefficient (Wildman–Crippen LogP) is 3.83. The van der Waals surface area contributed by atoms with Crippen LogP contribution in [0.4, 0.5) is 11.4 Å². The number of nitrogens with zero attached hydrogens (tertiary/aromatic N) is 1. The number of anilines is 2. The molecule has 1 aliphatic rings. The third-order valence-electron chi connectivity index (χ3n) is 4.89. The van der Waals surface area contributed by atoms with Crippen LogP contribution in [0.2, 0.25) is 5.02 Å². The monoisotopic (exact) mass is 414 g/mol. The van der Waals surface area contributed by atoms with Crippen LogP contribution >= 0.6 is 11.6 Å². The quantitative estimate of drug-likeness (QED) is 0.729. The molecule has 0 saturated carbocycles. The number of esters is 1. The first kappa shape index (κ1) is 20.9. The molecule has 2 unspecified atom stereocenters. The van der Waals surface area contributed by atoms with Crippen molar-refractivity contribution in [1.29, 1.82) is 0 Å². The first-order chi connectivity index (χ1) is 13.9. The Morgan fingerprint density at radius 2 is 1.83 bits per heavy atom. The second-order valence-electron chi connectivity index (χ2n) is 7.00. The van der Waals surface area contributed by atoms with E-state index in [4.69, 9.17) is 16.3 Å². The predicted molar refractivity (Wildman–Crippen MR) is 112 cm³/mol. The fourth-order valence-corrected chi connectivity index (χ4v) is 3.25. The highest BCUT2D eigenvalue weighted by Gasteiger charge is 2.37. The minimum atomic E-state index is -0.980. The Morgan fingerprint density at radius 3 is 2.45 bits per heavy atom. The first-order valence-corrected chi connectivity index (χ1v) is 9.91. The van der Waals surface area contributed by atoms with Crippen LogP contribution in [0.5, 0.6) is 0 Å². The molecule has 1 fully saturated rings. The summed E-state index contributed by atoms with van der Waals surface area (Å²) in [5.41, 5.74) is 2.49. The van der Waals surface area contributed by atoms with Crippen molar-refractivity contribution in [2.45, 2.75) is 32.8 Å². The van der Waals surface area contributed by atoms with Crippen molar-refractivity contribution in [1.82, 2.24) is 0 Å². The molecule has 0 aromatic heterocycles. The maximum absolute atomic E-state index is 12.5. The summed E-state index contributed by atoms with van der Waals surface area (Å²) in [4.78, 5) is 38.7. The van der Waals surface area contributed by atoms with Gasteiger partial charge < -0.3 is 15.0 Å². The van der Waals surface area contributed by atoms with Crippen LogP contribution in [0.15, 0.2) is 48.5 Å². The van der Waals surface area contributed by atoms with Crippen molar-refractivity contribution in [2.24, 2.45) is 5.92 Å². The van der Waals surface area contributed by atoms with E-state index in [1.807, 2.05) is 24.3 Å². The molecule has 0 bridgehead atoms. The van der Waals surface area contributed by atoms with E-state index in [0.717, 1.165) is 12.1 Å². The summed E-state index contributed by atoms with van der Waals surface area (Å²) < 4.78 is 5.31. The molecular formula is C22H23ClN2O4. The number of carbonyl (C=O) groups is 3. The van der Waals surface area contributed by atoms with Crippen molar-refractivity contribution in [2.75, 3.05) is 16.8 Å². The van der Waals surface area contributed by atoms with Crippen molar-refractivity contribution < 1.29 is 19.1 Å². The van der Waals surface area contributed by atoms with Crippen molar-refractivity contribution in [3.63, 3.8) is 0 Å². The summed E-state index contributed by atoms with van der Waals surface area (Å²) in [5.74, 6) is -1.73. The average molecular weight is 415 g/mol. The van der Waals surface area contributed by atoms with E-state index in [1.165, 1.54) is 12.5 Å². The van der Waals surface area contributed by atoms with Gasteiger partial charge in [0.15, 0.2) is 6.10 Å². The molecule has 6 nitrogen and oxygen atoms in total. The fourth-order valence-electron chi connectivity index (χ4n) is 3.13. The summed E-state index contributed by atoms with van der Waals surface area (Å²) in [6.07, 6.45) is 0.00475. The highest BCUT2D eigenvalue weighted by Crippen LogP contribution is 2.26. The largest absolute Gasteiger partial charge is 0.452 e. The smallest absolute Gasteiger partial charge is 0.312 e. The highest BCUT2D eigenvalue weighted by atomic mass is 35.5. The number of benzene rings is 2. The molecule has 29 heavy (non-hydrogen) atoms. The summed E-state index contributed by atoms with van der Waals surface area (Å²) in [6, 6.07) is 14.3. The van der Waals surface area contributed by atoms with Crippen molar-refractivity contribution in [3.8, 4) is 0 Å². The van der Waals surface area contributed by atoms with Crippen molar-refractivity contribution >= 4 is 40.8 Å². The van der Waals surface area contributed by atoms with E-state index in [1.54, 1.807) is 29.2 Å². The summed E-state index contributed by atoms with van der Waals surface area (Å²) in [7, 11) is 0. The third kappa shape index (κ3) is 5.15. The molecule has 2 aromatic rings. The summed E-state index contributed by atoms with van der Waals surface area (Å²) in [6.45, 7) is 3.81. The molecule has 1 aliphatic heterocycles. The van der Waals surface area contributed by atoms with Crippen LogP contribution in [0, 0.1) is 5.92 Å². The fraction of sp³-hybridized carbons (Fsp3) is 0.318. The number of nitrogens with one attached hydrogen (secondary N) is 1.